The van der Waals surface area contributed by atoms with E-state index < -0.39 is 47.6 Å². The zero-order valence-electron chi connectivity index (χ0n) is 27.5. The number of carboxylic acid groups (broad SMARTS) is 1. The summed E-state index contributed by atoms with van der Waals surface area (Å²) in [6.45, 7) is 10.4. The number of carboxylic acids is 1. The van der Waals surface area contributed by atoms with Gasteiger partial charge in [-0.2, -0.15) is 13.2 Å². The van der Waals surface area contributed by atoms with Crippen LogP contribution in [0.25, 0.3) is 10.4 Å². The van der Waals surface area contributed by atoms with Gasteiger partial charge in [0, 0.05) is 19.5 Å². The largest absolute Gasteiger partial charge is 0.490 e. The number of aliphatic carboxylic acids is 1. The van der Waals surface area contributed by atoms with E-state index in [9.17, 15) is 32.7 Å². The second kappa shape index (κ2) is 18.2. The molecule has 3 amide bonds. The Bertz CT molecular complexity index is 1370. The number of rotatable bonds is 13. The number of carbonyl (C=O) groups is 4. The van der Waals surface area contributed by atoms with Crippen molar-refractivity contribution in [2.24, 2.45) is 11.1 Å². The zero-order chi connectivity index (χ0) is 36.2. The molecule has 4 atom stereocenters. The van der Waals surface area contributed by atoms with Gasteiger partial charge in [0.15, 0.2) is 0 Å². The fourth-order valence-electron chi connectivity index (χ4n) is 4.69. The number of thiazole rings is 1. The number of carbonyl (C=O) groups excluding carboxylic acids is 3. The summed E-state index contributed by atoms with van der Waals surface area (Å²) in [7, 11) is 0. The Morgan fingerprint density at radius 2 is 1.69 bits per heavy atom. The van der Waals surface area contributed by atoms with E-state index in [-0.39, 0.29) is 38.1 Å². The normalized spacial score (nSPS) is 17.6. The molecule has 0 radical (unpaired) electrons. The second-order valence-electron chi connectivity index (χ2n) is 12.1. The van der Waals surface area contributed by atoms with Crippen molar-refractivity contribution in [1.82, 2.24) is 20.5 Å². The summed E-state index contributed by atoms with van der Waals surface area (Å²) in [5.41, 5.74) is 9.47. The van der Waals surface area contributed by atoms with E-state index in [1.54, 1.807) is 11.3 Å². The van der Waals surface area contributed by atoms with Crippen LogP contribution >= 0.6 is 11.3 Å². The molecule has 1 aromatic heterocycles. The molecule has 6 N–H and O–H groups in total. The Hall–Kier alpha value is -3.64. The quantitative estimate of drug-likeness (QED) is 0.194. The molecule has 1 aliphatic heterocycles. The van der Waals surface area contributed by atoms with Crippen LogP contribution in [0, 0.1) is 12.3 Å². The molecule has 48 heavy (non-hydrogen) atoms. The number of aliphatic hydroxyl groups is 1. The highest BCUT2D eigenvalue weighted by Crippen LogP contribution is 2.29. The van der Waals surface area contributed by atoms with Gasteiger partial charge >= 0.3 is 12.1 Å². The van der Waals surface area contributed by atoms with E-state index in [0.717, 1.165) is 21.7 Å². The summed E-state index contributed by atoms with van der Waals surface area (Å²) in [4.78, 5) is 55.4. The molecule has 1 saturated heterocycles. The van der Waals surface area contributed by atoms with E-state index in [4.69, 9.17) is 25.1 Å². The molecule has 4 unspecified atom stereocenters. The summed E-state index contributed by atoms with van der Waals surface area (Å²) in [6.07, 6.45) is -5.81. The highest BCUT2D eigenvalue weighted by Gasteiger charge is 2.44. The first kappa shape index (κ1) is 40.5. The number of ether oxygens (including phenoxy) is 2. The van der Waals surface area contributed by atoms with Gasteiger partial charge in [0.05, 0.1) is 48.0 Å². The van der Waals surface area contributed by atoms with Crippen molar-refractivity contribution in [3.8, 4) is 10.4 Å². The first-order valence-corrected chi connectivity index (χ1v) is 16.0. The van der Waals surface area contributed by atoms with Crippen molar-refractivity contribution in [3.05, 3.63) is 41.0 Å². The first-order chi connectivity index (χ1) is 22.4. The van der Waals surface area contributed by atoms with E-state index in [0.29, 0.717) is 19.8 Å². The molecule has 2 aromatic rings. The lowest BCUT2D eigenvalue weighted by Crippen LogP contribution is -2.58. The third-order valence-electron chi connectivity index (χ3n) is 7.17. The van der Waals surface area contributed by atoms with Gasteiger partial charge in [-0.05, 0) is 30.4 Å². The molecule has 13 nitrogen and oxygen atoms in total. The lowest BCUT2D eigenvalue weighted by Gasteiger charge is -2.35. The molecule has 1 fully saturated rings. The lowest BCUT2D eigenvalue weighted by atomic mass is 9.85. The Morgan fingerprint density at radius 3 is 2.21 bits per heavy atom. The molecule has 0 saturated carbocycles. The number of halogens is 3. The van der Waals surface area contributed by atoms with Crippen LogP contribution in [0.15, 0.2) is 29.8 Å². The highest BCUT2D eigenvalue weighted by atomic mass is 32.1. The number of β-amino-alcohol motifs (C(OH)–C–C–N with tert-alkyl or cyclic N) is 1. The standard InChI is InChI=1S/C29H43N5O6S.C2HF3O2/c1-18(20-6-8-21(9-7-20)25-19(2)31-17-41-25)32-27(37)23-14-22(35)15-34(23)28(38)26(29(3,4)5)33-24(36)16-40-13-12-39-11-10-30;3-2(4,5)1(6)7/h6-9,17-18,22-23,26,35H,10-16,30H2,1-5H3,(H,32,37)(H,33,36);(H,6,7). The summed E-state index contributed by atoms with van der Waals surface area (Å²) < 4.78 is 42.3. The maximum atomic E-state index is 13.7. The van der Waals surface area contributed by atoms with Crippen LogP contribution < -0.4 is 16.4 Å². The Labute approximate surface area is 281 Å². The number of aliphatic hydroxyl groups excluding tert-OH is 1. The van der Waals surface area contributed by atoms with Crippen LogP contribution in [0.1, 0.15) is 51.4 Å². The minimum absolute atomic E-state index is 0.00559. The molecule has 0 spiro atoms. The average Bonchev–Trinajstić information content (AvgIpc) is 3.62. The number of nitrogens with two attached hydrogens (primary N) is 1. The topological polar surface area (TPSA) is 193 Å². The van der Waals surface area contributed by atoms with Gasteiger partial charge in [-0.3, -0.25) is 14.4 Å². The molecule has 0 aliphatic carbocycles. The number of nitrogens with zero attached hydrogens (tertiary/aromatic N) is 2. The van der Waals surface area contributed by atoms with Gasteiger partial charge in [-0.25, -0.2) is 9.78 Å². The van der Waals surface area contributed by atoms with Crippen LogP contribution in [0.5, 0.6) is 0 Å². The van der Waals surface area contributed by atoms with Gasteiger partial charge in [-0.1, -0.05) is 45.0 Å². The molecular weight excluding hydrogens is 659 g/mol. The van der Waals surface area contributed by atoms with Crippen molar-refractivity contribution >= 4 is 35.0 Å². The summed E-state index contributed by atoms with van der Waals surface area (Å²) >= 11 is 1.58. The number of benzene rings is 1. The average molecular weight is 704 g/mol. The van der Waals surface area contributed by atoms with Gasteiger partial charge < -0.3 is 41.0 Å². The number of aromatic nitrogens is 1. The zero-order valence-corrected chi connectivity index (χ0v) is 28.3. The fourth-order valence-corrected chi connectivity index (χ4v) is 5.50. The van der Waals surface area contributed by atoms with Crippen molar-refractivity contribution in [1.29, 1.82) is 0 Å². The number of nitrogens with one attached hydrogen (secondary N) is 2. The van der Waals surface area contributed by atoms with Crippen LogP contribution in [0.4, 0.5) is 13.2 Å². The number of hydrogen-bond acceptors (Lipinski definition) is 10. The molecule has 2 heterocycles. The van der Waals surface area contributed by atoms with Crippen LogP contribution in [-0.4, -0.2) is 108 Å². The minimum Gasteiger partial charge on any atom is -0.475 e. The molecule has 3 rings (SSSR count). The van der Waals surface area contributed by atoms with E-state index >= 15 is 0 Å². The summed E-state index contributed by atoms with van der Waals surface area (Å²) in [5.74, 6) is -3.99. The predicted molar refractivity (Wildman–Crippen MR) is 171 cm³/mol. The molecule has 17 heteroatoms. The third kappa shape index (κ3) is 12.4. The maximum Gasteiger partial charge on any atom is 0.490 e. The SMILES string of the molecule is Cc1ncsc1-c1ccc(C(C)NC(=O)C2CC(O)CN2C(=O)C(NC(=O)COCCOCCN)C(C)(C)C)cc1.O=C(O)C(F)(F)F. The number of amides is 3. The Morgan fingerprint density at radius 1 is 1.08 bits per heavy atom. The minimum atomic E-state index is -5.08. The molecular formula is C31H44F3N5O8S. The summed E-state index contributed by atoms with van der Waals surface area (Å²) in [6, 6.07) is 5.82. The van der Waals surface area contributed by atoms with Crippen LogP contribution in [0.3, 0.4) is 0 Å². The van der Waals surface area contributed by atoms with Crippen molar-refractivity contribution in [3.63, 3.8) is 0 Å². The maximum absolute atomic E-state index is 13.7. The Balaban J connectivity index is 0.00000103. The van der Waals surface area contributed by atoms with Gasteiger partial charge in [-0.15, -0.1) is 11.3 Å². The van der Waals surface area contributed by atoms with E-state index in [2.05, 4.69) is 15.6 Å². The lowest BCUT2D eigenvalue weighted by molar-refractivity contribution is -0.192. The highest BCUT2D eigenvalue weighted by molar-refractivity contribution is 7.13. The number of alkyl halides is 3. The van der Waals surface area contributed by atoms with Crippen molar-refractivity contribution in [2.45, 2.75) is 71.4 Å². The smallest absolute Gasteiger partial charge is 0.475 e. The molecule has 1 aliphatic rings. The third-order valence-corrected chi connectivity index (χ3v) is 8.15. The first-order valence-electron chi connectivity index (χ1n) is 15.1. The molecule has 0 bridgehead atoms. The van der Waals surface area contributed by atoms with Crippen molar-refractivity contribution < 1.29 is 52.0 Å². The molecule has 1 aromatic carbocycles. The molecule has 268 valence electrons. The van der Waals surface area contributed by atoms with Gasteiger partial charge in [0.2, 0.25) is 17.7 Å². The number of likely N-dealkylation sites (tertiary alicyclic amines) is 1. The summed E-state index contributed by atoms with van der Waals surface area (Å²) in [5, 5.41) is 23.3. The van der Waals surface area contributed by atoms with Crippen molar-refractivity contribution in [2.75, 3.05) is 39.5 Å². The fraction of sp³-hybridized carbons (Fsp3) is 0.581. The van der Waals surface area contributed by atoms with E-state index in [1.165, 1.54) is 4.90 Å². The Kier molecular flexibility index (Phi) is 15.4. The predicted octanol–water partition coefficient (Wildman–Crippen LogP) is 2.41. The second-order valence-corrected chi connectivity index (χ2v) is 13.0. The number of hydrogen-bond donors (Lipinski definition) is 5. The van der Waals surface area contributed by atoms with Gasteiger partial charge in [0.25, 0.3) is 0 Å². The van der Waals surface area contributed by atoms with E-state index in [1.807, 2.05) is 64.4 Å². The van der Waals surface area contributed by atoms with Crippen LogP contribution in [-0.2, 0) is 28.7 Å². The monoisotopic (exact) mass is 703 g/mol. The number of aryl methyl sites for hydroxylation is 1. The van der Waals surface area contributed by atoms with Crippen LogP contribution in [0.2, 0.25) is 0 Å². The van der Waals surface area contributed by atoms with Gasteiger partial charge in [0.1, 0.15) is 18.7 Å².